The first-order chi connectivity index (χ1) is 7.47. The zero-order valence-electron chi connectivity index (χ0n) is 10.7. The molecule has 1 N–H and O–H groups in total. The van der Waals surface area contributed by atoms with Crippen LogP contribution in [0.15, 0.2) is 12.2 Å². The molecule has 4 aliphatic rings. The minimum absolute atomic E-state index is 0.203. The van der Waals surface area contributed by atoms with Gasteiger partial charge in [-0.25, -0.2) is 0 Å². The largest absolute Gasteiger partial charge is 0.389 e. The quantitative estimate of drug-likeness (QED) is 0.673. The molecule has 0 aromatic carbocycles. The van der Waals surface area contributed by atoms with Crippen LogP contribution in [0.2, 0.25) is 0 Å². The Morgan fingerprint density at radius 2 is 2.12 bits per heavy atom. The zero-order chi connectivity index (χ0) is 11.7. The zero-order valence-corrected chi connectivity index (χ0v) is 10.7. The summed E-state index contributed by atoms with van der Waals surface area (Å²) in [6.45, 7) is 11.3. The van der Waals surface area contributed by atoms with Crippen LogP contribution in [0.5, 0.6) is 0 Å². The summed E-state index contributed by atoms with van der Waals surface area (Å²) >= 11 is 0. The van der Waals surface area contributed by atoms with Crippen molar-refractivity contribution in [3.05, 3.63) is 12.2 Å². The van der Waals surface area contributed by atoms with Crippen molar-refractivity contribution < 1.29 is 5.11 Å². The van der Waals surface area contributed by atoms with Gasteiger partial charge >= 0.3 is 0 Å². The molecule has 0 saturated heterocycles. The van der Waals surface area contributed by atoms with Gasteiger partial charge in [0, 0.05) is 0 Å². The molecule has 0 aliphatic heterocycles. The lowest BCUT2D eigenvalue weighted by molar-refractivity contribution is -0.211. The second-order valence-corrected chi connectivity index (χ2v) is 6.94. The van der Waals surface area contributed by atoms with Gasteiger partial charge in [-0.2, -0.15) is 0 Å². The van der Waals surface area contributed by atoms with E-state index in [4.69, 9.17) is 0 Å². The van der Waals surface area contributed by atoms with Crippen LogP contribution in [0.3, 0.4) is 0 Å². The van der Waals surface area contributed by atoms with Crippen molar-refractivity contribution in [2.75, 3.05) is 0 Å². The molecule has 0 aromatic heterocycles. The number of rotatable bonds is 1. The molecule has 16 heavy (non-hydrogen) atoms. The van der Waals surface area contributed by atoms with E-state index < -0.39 is 0 Å². The Balaban J connectivity index is 1.93. The smallest absolute Gasteiger partial charge is 0.0753 e. The lowest BCUT2D eigenvalue weighted by atomic mass is 9.33. The summed E-state index contributed by atoms with van der Waals surface area (Å²) in [4.78, 5) is 0. The monoisotopic (exact) mass is 220 g/mol. The van der Waals surface area contributed by atoms with Crippen molar-refractivity contribution in [1.82, 2.24) is 0 Å². The van der Waals surface area contributed by atoms with E-state index in [0.29, 0.717) is 11.3 Å². The fourth-order valence-corrected chi connectivity index (χ4v) is 5.25. The topological polar surface area (TPSA) is 20.2 Å². The van der Waals surface area contributed by atoms with Crippen molar-refractivity contribution >= 4 is 0 Å². The van der Waals surface area contributed by atoms with Gasteiger partial charge in [-0.1, -0.05) is 27.4 Å². The first-order valence-corrected chi connectivity index (χ1v) is 6.83. The third kappa shape index (κ3) is 1.06. The molecule has 0 spiro atoms. The molecule has 4 bridgehead atoms. The number of hydrogen-bond acceptors (Lipinski definition) is 1. The highest BCUT2D eigenvalue weighted by Gasteiger charge is 2.67. The molecule has 4 rings (SSSR count). The van der Waals surface area contributed by atoms with Gasteiger partial charge in [0.25, 0.3) is 0 Å². The van der Waals surface area contributed by atoms with Crippen molar-refractivity contribution in [2.45, 2.75) is 46.1 Å². The highest BCUT2D eigenvalue weighted by molar-refractivity contribution is 5.29. The van der Waals surface area contributed by atoms with Gasteiger partial charge in [0.15, 0.2) is 0 Å². The Kier molecular flexibility index (Phi) is 2.12. The second-order valence-electron chi connectivity index (χ2n) is 6.94. The van der Waals surface area contributed by atoms with Gasteiger partial charge in [0.1, 0.15) is 0 Å². The van der Waals surface area contributed by atoms with Crippen molar-refractivity contribution in [2.24, 2.45) is 35.0 Å². The molecule has 0 amide bonds. The molecule has 1 heteroatoms. The Morgan fingerprint density at radius 1 is 1.44 bits per heavy atom. The third-order valence-corrected chi connectivity index (χ3v) is 6.08. The van der Waals surface area contributed by atoms with Crippen molar-refractivity contribution in [3.63, 3.8) is 0 Å². The van der Waals surface area contributed by atoms with E-state index in [0.717, 1.165) is 35.7 Å². The molecular weight excluding hydrogens is 196 g/mol. The Morgan fingerprint density at radius 3 is 2.69 bits per heavy atom. The Labute approximate surface area is 98.9 Å². The SMILES string of the molecule is C=C1[C@H](O)C[C@@H]2[C@@H]3[C@H](C(C)C)CC[C@]2(C)[C@@H]13. The molecule has 0 heterocycles. The summed E-state index contributed by atoms with van der Waals surface area (Å²) in [6.07, 6.45) is 3.53. The van der Waals surface area contributed by atoms with Gasteiger partial charge in [-0.15, -0.1) is 0 Å². The standard InChI is InChI=1S/C15H24O/c1-8(2)10-5-6-15(4)11-7-12(16)9(3)14(15)13(10)11/h8,10-14,16H,3,5-7H2,1-2,4H3/t10-,11+,12+,13-,14-,15-/m0/s1. The first kappa shape index (κ1) is 10.8. The van der Waals surface area contributed by atoms with Crippen molar-refractivity contribution in [3.8, 4) is 0 Å². The van der Waals surface area contributed by atoms with E-state index in [9.17, 15) is 5.11 Å². The maximum atomic E-state index is 9.97. The molecule has 4 aliphatic carbocycles. The van der Waals surface area contributed by atoms with Gasteiger partial charge in [-0.3, -0.25) is 0 Å². The molecule has 1 nitrogen and oxygen atoms in total. The van der Waals surface area contributed by atoms with Crippen LogP contribution in [0.4, 0.5) is 0 Å². The Hall–Kier alpha value is -0.300. The van der Waals surface area contributed by atoms with Crippen LogP contribution < -0.4 is 0 Å². The maximum Gasteiger partial charge on any atom is 0.0753 e. The molecule has 90 valence electrons. The van der Waals surface area contributed by atoms with Crippen LogP contribution in [0.1, 0.15) is 40.0 Å². The van der Waals surface area contributed by atoms with Crippen LogP contribution in [0, 0.1) is 35.0 Å². The number of fused-ring (bicyclic) bond motifs is 2. The summed E-state index contributed by atoms with van der Waals surface area (Å²) in [5.41, 5.74) is 1.65. The van der Waals surface area contributed by atoms with E-state index in [1.807, 2.05) is 0 Å². The molecule has 0 aromatic rings. The van der Waals surface area contributed by atoms with E-state index >= 15 is 0 Å². The molecule has 4 fully saturated rings. The summed E-state index contributed by atoms with van der Waals surface area (Å²) in [5.74, 6) is 3.92. The van der Waals surface area contributed by atoms with E-state index in [1.165, 1.54) is 12.8 Å². The molecule has 4 saturated carbocycles. The average molecular weight is 220 g/mol. The fourth-order valence-electron chi connectivity index (χ4n) is 5.25. The van der Waals surface area contributed by atoms with Crippen LogP contribution in [0.25, 0.3) is 0 Å². The minimum Gasteiger partial charge on any atom is -0.389 e. The third-order valence-electron chi connectivity index (χ3n) is 6.08. The van der Waals surface area contributed by atoms with Crippen LogP contribution in [-0.2, 0) is 0 Å². The summed E-state index contributed by atoms with van der Waals surface area (Å²) in [5, 5.41) is 9.97. The second kappa shape index (κ2) is 3.13. The average Bonchev–Trinajstić information content (AvgIpc) is 2.22. The summed E-state index contributed by atoms with van der Waals surface area (Å²) in [7, 11) is 0. The van der Waals surface area contributed by atoms with Gasteiger partial charge in [0.05, 0.1) is 6.10 Å². The van der Waals surface area contributed by atoms with Crippen molar-refractivity contribution in [1.29, 1.82) is 0 Å². The molecule has 0 radical (unpaired) electrons. The molecular formula is C15H24O. The van der Waals surface area contributed by atoms with Gasteiger partial charge in [-0.05, 0) is 59.8 Å². The minimum atomic E-state index is -0.203. The number of hydrogen-bond donors (Lipinski definition) is 1. The molecule has 0 unspecified atom stereocenters. The first-order valence-electron chi connectivity index (χ1n) is 6.83. The van der Waals surface area contributed by atoms with Gasteiger partial charge < -0.3 is 5.11 Å². The Bertz CT molecular complexity index is 332. The van der Waals surface area contributed by atoms with Gasteiger partial charge in [0.2, 0.25) is 0 Å². The number of aliphatic hydroxyl groups is 1. The highest BCUT2D eigenvalue weighted by Crippen LogP contribution is 2.72. The highest BCUT2D eigenvalue weighted by atomic mass is 16.3. The predicted octanol–water partition coefficient (Wildman–Crippen LogP) is 3.24. The summed E-state index contributed by atoms with van der Waals surface area (Å²) < 4.78 is 0. The lowest BCUT2D eigenvalue weighted by Gasteiger charge is -2.71. The molecule has 6 atom stereocenters. The van der Waals surface area contributed by atoms with Crippen LogP contribution in [-0.4, -0.2) is 11.2 Å². The maximum absolute atomic E-state index is 9.97. The van der Waals surface area contributed by atoms with Crippen LogP contribution >= 0.6 is 0 Å². The number of aliphatic hydroxyl groups excluding tert-OH is 1. The van der Waals surface area contributed by atoms with E-state index in [1.54, 1.807) is 0 Å². The lowest BCUT2D eigenvalue weighted by Crippen LogP contribution is -2.67. The van der Waals surface area contributed by atoms with E-state index in [2.05, 4.69) is 27.4 Å². The predicted molar refractivity (Wildman–Crippen MR) is 65.9 cm³/mol. The fraction of sp³-hybridized carbons (Fsp3) is 0.867. The van der Waals surface area contributed by atoms with E-state index in [-0.39, 0.29) is 6.10 Å². The summed E-state index contributed by atoms with van der Waals surface area (Å²) in [6, 6.07) is 0. The normalized spacial score (nSPS) is 55.1.